The van der Waals surface area contributed by atoms with E-state index < -0.39 is 0 Å². The van der Waals surface area contributed by atoms with Crippen LogP contribution in [0.5, 0.6) is 11.5 Å². The molecule has 3 heterocycles. The third-order valence-corrected chi connectivity index (χ3v) is 5.66. The van der Waals surface area contributed by atoms with E-state index in [4.69, 9.17) is 21.1 Å². The molecule has 1 fully saturated rings. The Morgan fingerprint density at radius 1 is 1.19 bits per heavy atom. The van der Waals surface area contributed by atoms with E-state index in [0.717, 1.165) is 11.1 Å². The van der Waals surface area contributed by atoms with Crippen LogP contribution in [0.2, 0.25) is 5.02 Å². The van der Waals surface area contributed by atoms with Gasteiger partial charge in [0.25, 0.3) is 0 Å². The van der Waals surface area contributed by atoms with E-state index in [9.17, 15) is 9.59 Å². The largest absolute Gasteiger partial charge is 0.486 e. The fourth-order valence-corrected chi connectivity index (χ4v) is 3.97. The van der Waals surface area contributed by atoms with Crippen LogP contribution in [0.25, 0.3) is 6.08 Å². The molecule has 2 amide bonds. The van der Waals surface area contributed by atoms with E-state index in [2.05, 4.69) is 10.3 Å². The molecule has 31 heavy (non-hydrogen) atoms. The minimum atomic E-state index is -0.132. The van der Waals surface area contributed by atoms with Gasteiger partial charge in [0.2, 0.25) is 11.8 Å². The lowest BCUT2D eigenvalue weighted by Gasteiger charge is -2.30. The molecule has 2 aliphatic rings. The molecule has 1 N–H and O–H groups in total. The molecule has 162 valence electrons. The average molecular weight is 442 g/mol. The second-order valence-electron chi connectivity index (χ2n) is 7.67. The highest BCUT2D eigenvalue weighted by atomic mass is 35.5. The zero-order chi connectivity index (χ0) is 21.8. The normalized spacial score (nSPS) is 16.4. The maximum absolute atomic E-state index is 12.6. The fraction of sp³-hybridized carbons (Fsp3) is 0.348. The van der Waals surface area contributed by atoms with Crippen molar-refractivity contribution >= 4 is 35.3 Å². The van der Waals surface area contributed by atoms with E-state index in [0.29, 0.717) is 61.5 Å². The van der Waals surface area contributed by atoms with Gasteiger partial charge in [-0.15, -0.1) is 0 Å². The van der Waals surface area contributed by atoms with Gasteiger partial charge in [0.05, 0.1) is 5.02 Å². The zero-order valence-corrected chi connectivity index (χ0v) is 18.0. The second-order valence-corrected chi connectivity index (χ2v) is 8.07. The summed E-state index contributed by atoms with van der Waals surface area (Å²) in [5.74, 6) is 1.41. The Morgan fingerprint density at radius 3 is 2.74 bits per heavy atom. The maximum Gasteiger partial charge on any atom is 0.246 e. The Hall–Kier alpha value is -3.06. The van der Waals surface area contributed by atoms with E-state index in [1.54, 1.807) is 29.3 Å². The summed E-state index contributed by atoms with van der Waals surface area (Å²) >= 11 is 6.25. The number of nitrogens with zero attached hydrogens (tertiary/aromatic N) is 2. The first-order chi connectivity index (χ1) is 15.0. The molecular weight excluding hydrogens is 418 g/mol. The molecule has 1 aromatic heterocycles. The van der Waals surface area contributed by atoms with Crippen molar-refractivity contribution in [3.05, 3.63) is 52.7 Å². The number of anilines is 1. The van der Waals surface area contributed by atoms with Crippen molar-refractivity contribution in [2.24, 2.45) is 5.92 Å². The van der Waals surface area contributed by atoms with Gasteiger partial charge in [-0.2, -0.15) is 0 Å². The molecule has 0 atom stereocenters. The number of aryl methyl sites for hydroxylation is 1. The van der Waals surface area contributed by atoms with E-state index >= 15 is 0 Å². The molecule has 0 saturated carbocycles. The molecule has 0 spiro atoms. The molecule has 8 heteroatoms. The van der Waals surface area contributed by atoms with Crippen LogP contribution in [-0.4, -0.2) is 48.0 Å². The fourth-order valence-electron chi connectivity index (χ4n) is 3.69. The van der Waals surface area contributed by atoms with Crippen molar-refractivity contribution in [3.8, 4) is 11.5 Å². The summed E-state index contributed by atoms with van der Waals surface area (Å²) in [7, 11) is 0. The minimum Gasteiger partial charge on any atom is -0.486 e. The monoisotopic (exact) mass is 441 g/mol. The number of rotatable bonds is 4. The quantitative estimate of drug-likeness (QED) is 0.731. The van der Waals surface area contributed by atoms with E-state index in [1.165, 1.54) is 6.08 Å². The van der Waals surface area contributed by atoms with Crippen molar-refractivity contribution in [3.63, 3.8) is 0 Å². The number of hydrogen-bond donors (Lipinski definition) is 1. The molecule has 4 rings (SSSR count). The van der Waals surface area contributed by atoms with Crippen LogP contribution in [0, 0.1) is 12.8 Å². The Kier molecular flexibility index (Phi) is 6.42. The van der Waals surface area contributed by atoms with Gasteiger partial charge >= 0.3 is 0 Å². The smallest absolute Gasteiger partial charge is 0.246 e. The number of pyridine rings is 1. The third-order valence-electron chi connectivity index (χ3n) is 5.38. The van der Waals surface area contributed by atoms with Gasteiger partial charge in [0.15, 0.2) is 11.5 Å². The number of ether oxygens (including phenoxy) is 2. The molecule has 2 aliphatic heterocycles. The van der Waals surface area contributed by atoms with Crippen molar-refractivity contribution < 1.29 is 19.1 Å². The van der Waals surface area contributed by atoms with Gasteiger partial charge in [-0.25, -0.2) is 4.98 Å². The first-order valence-corrected chi connectivity index (χ1v) is 10.7. The maximum atomic E-state index is 12.6. The number of carbonyl (C=O) groups excluding carboxylic acids is 2. The van der Waals surface area contributed by atoms with Crippen LogP contribution >= 0.6 is 11.6 Å². The number of carbonyl (C=O) groups is 2. The van der Waals surface area contributed by atoms with Crippen LogP contribution in [0.4, 0.5) is 5.82 Å². The highest BCUT2D eigenvalue weighted by Gasteiger charge is 2.27. The number of likely N-dealkylation sites (tertiary alicyclic amines) is 1. The summed E-state index contributed by atoms with van der Waals surface area (Å²) < 4.78 is 11.1. The summed E-state index contributed by atoms with van der Waals surface area (Å²) in [6.07, 6.45) is 6.15. The molecule has 0 bridgehead atoms. The van der Waals surface area contributed by atoms with E-state index in [-0.39, 0.29) is 17.7 Å². The van der Waals surface area contributed by atoms with Gasteiger partial charge in [0.1, 0.15) is 19.0 Å². The molecule has 7 nitrogen and oxygen atoms in total. The van der Waals surface area contributed by atoms with Gasteiger partial charge in [-0.3, -0.25) is 9.59 Å². The van der Waals surface area contributed by atoms with Crippen LogP contribution in [0.3, 0.4) is 0 Å². The number of hydrogen-bond acceptors (Lipinski definition) is 5. The van der Waals surface area contributed by atoms with Crippen molar-refractivity contribution in [1.82, 2.24) is 9.88 Å². The first kappa shape index (κ1) is 21.2. The molecular formula is C23H24ClN3O4. The lowest BCUT2D eigenvalue weighted by molar-refractivity contribution is -0.130. The molecule has 2 aromatic rings. The second kappa shape index (κ2) is 9.39. The van der Waals surface area contributed by atoms with Gasteiger partial charge in [-0.05, 0) is 61.2 Å². The highest BCUT2D eigenvalue weighted by Crippen LogP contribution is 2.38. The lowest BCUT2D eigenvalue weighted by atomic mass is 9.96. The van der Waals surface area contributed by atoms with Gasteiger partial charge in [0, 0.05) is 31.3 Å². The topological polar surface area (TPSA) is 80.8 Å². The molecule has 0 aliphatic carbocycles. The van der Waals surface area contributed by atoms with Crippen LogP contribution in [0.1, 0.15) is 24.0 Å². The Balaban J connectivity index is 1.31. The Bertz CT molecular complexity index is 1020. The standard InChI is InChI=1S/C23H24ClN3O4/c1-15-4-7-25-20(12-15)26-23(29)17-5-8-27(9-6-17)21(28)3-2-16-13-18(24)22-19(14-16)30-10-11-31-22/h2-4,7,12-14,17H,5-6,8-11H2,1H3,(H,25,26,29). The minimum absolute atomic E-state index is 0.0494. The average Bonchev–Trinajstić information content (AvgIpc) is 2.77. The Labute approximate surface area is 186 Å². The van der Waals surface area contributed by atoms with Gasteiger partial charge < -0.3 is 19.7 Å². The SMILES string of the molecule is Cc1ccnc(NC(=O)C2CCN(C(=O)C=Cc3cc(Cl)c4c(c3)OCCO4)CC2)c1. The predicted molar refractivity (Wildman–Crippen MR) is 118 cm³/mol. The third kappa shape index (κ3) is 5.17. The summed E-state index contributed by atoms with van der Waals surface area (Å²) in [5, 5.41) is 3.33. The number of fused-ring (bicyclic) bond motifs is 1. The number of benzene rings is 1. The van der Waals surface area contributed by atoms with Crippen LogP contribution in [0.15, 0.2) is 36.5 Å². The number of nitrogens with one attached hydrogen (secondary N) is 1. The number of halogens is 1. The summed E-state index contributed by atoms with van der Waals surface area (Å²) in [6, 6.07) is 7.27. The zero-order valence-electron chi connectivity index (χ0n) is 17.3. The Morgan fingerprint density at radius 2 is 1.97 bits per heavy atom. The van der Waals surface area contributed by atoms with E-state index in [1.807, 2.05) is 19.1 Å². The lowest BCUT2D eigenvalue weighted by Crippen LogP contribution is -2.40. The number of piperidine rings is 1. The van der Waals surface area contributed by atoms with Crippen LogP contribution in [-0.2, 0) is 9.59 Å². The van der Waals surface area contributed by atoms with Crippen molar-refractivity contribution in [1.29, 1.82) is 0 Å². The van der Waals surface area contributed by atoms with Crippen molar-refractivity contribution in [2.75, 3.05) is 31.6 Å². The molecule has 1 aromatic carbocycles. The highest BCUT2D eigenvalue weighted by molar-refractivity contribution is 6.32. The molecule has 0 radical (unpaired) electrons. The summed E-state index contributed by atoms with van der Waals surface area (Å²) in [6.45, 7) is 3.95. The predicted octanol–water partition coefficient (Wildman–Crippen LogP) is 3.71. The summed E-state index contributed by atoms with van der Waals surface area (Å²) in [5.41, 5.74) is 1.80. The number of amides is 2. The number of aromatic nitrogens is 1. The summed E-state index contributed by atoms with van der Waals surface area (Å²) in [4.78, 5) is 31.0. The molecule has 1 saturated heterocycles. The van der Waals surface area contributed by atoms with Crippen molar-refractivity contribution in [2.45, 2.75) is 19.8 Å². The molecule has 0 unspecified atom stereocenters. The van der Waals surface area contributed by atoms with Crippen LogP contribution < -0.4 is 14.8 Å². The van der Waals surface area contributed by atoms with Gasteiger partial charge in [-0.1, -0.05) is 11.6 Å². The first-order valence-electron chi connectivity index (χ1n) is 10.3.